The minimum atomic E-state index is -0.0584. The van der Waals surface area contributed by atoms with E-state index in [2.05, 4.69) is 58.6 Å². The lowest BCUT2D eigenvalue weighted by molar-refractivity contribution is 0.0951. The molecule has 2 aromatic heterocycles. The topological polar surface area (TPSA) is 54.5 Å². The highest BCUT2D eigenvalue weighted by Crippen LogP contribution is 2.19. The number of amides is 1. The van der Waals surface area contributed by atoms with Crippen LogP contribution in [0.4, 0.5) is 0 Å². The lowest BCUT2D eigenvalue weighted by atomic mass is 10.1. The summed E-state index contributed by atoms with van der Waals surface area (Å²) in [5.74, 6) is 0.750. The van der Waals surface area contributed by atoms with Crippen LogP contribution in [0.3, 0.4) is 0 Å². The fourth-order valence-electron chi connectivity index (χ4n) is 3.52. The van der Waals surface area contributed by atoms with Crippen LogP contribution in [0.1, 0.15) is 20.8 Å². The Morgan fingerprint density at radius 3 is 2.81 bits per heavy atom. The van der Waals surface area contributed by atoms with Crippen LogP contribution < -0.4 is 10.1 Å². The van der Waals surface area contributed by atoms with Gasteiger partial charge in [0.05, 0.1) is 16.9 Å². The molecular weight excluding hydrogens is 406 g/mol. The highest BCUT2D eigenvalue weighted by atomic mass is 32.1. The first-order valence-corrected chi connectivity index (χ1v) is 11.1. The molecule has 1 amide bonds. The van der Waals surface area contributed by atoms with E-state index in [0.717, 1.165) is 29.7 Å². The number of nitrogens with one attached hydrogen (secondary N) is 1. The van der Waals surface area contributed by atoms with Crippen molar-refractivity contribution in [1.82, 2.24) is 15.2 Å². The second-order valence-electron chi connectivity index (χ2n) is 7.39. The number of nitrogens with zero attached hydrogens (tertiary/aromatic N) is 2. The first-order valence-electron chi connectivity index (χ1n) is 10.2. The number of ether oxygens (including phenoxy) is 1. The number of hydrogen-bond donors (Lipinski definition) is 1. The molecule has 0 atom stereocenters. The molecule has 0 aliphatic carbocycles. The van der Waals surface area contributed by atoms with E-state index in [1.807, 2.05) is 41.9 Å². The quantitative estimate of drug-likeness (QED) is 0.389. The normalized spacial score (nSPS) is 11.0. The molecular formula is C25H25N3O2S. The molecule has 0 bridgehead atoms. The molecule has 6 heteroatoms. The number of hydrogen-bond acceptors (Lipinski definition) is 5. The second-order valence-corrected chi connectivity index (χ2v) is 8.34. The number of thiophene rings is 1. The Labute approximate surface area is 186 Å². The summed E-state index contributed by atoms with van der Waals surface area (Å²) >= 11 is 1.43. The SMILES string of the molecule is CN(Cc1cccc(OCCNC(=O)c2cccs2)c1)Cc1cccc2cccnc12. The predicted molar refractivity (Wildman–Crippen MR) is 126 cm³/mol. The molecule has 2 heterocycles. The van der Waals surface area contributed by atoms with Crippen molar-refractivity contribution >= 4 is 28.1 Å². The van der Waals surface area contributed by atoms with Crippen LogP contribution in [0.2, 0.25) is 0 Å². The van der Waals surface area contributed by atoms with Crippen molar-refractivity contribution in [3.05, 3.63) is 94.3 Å². The molecule has 0 fully saturated rings. The fourth-order valence-corrected chi connectivity index (χ4v) is 4.16. The summed E-state index contributed by atoms with van der Waals surface area (Å²) in [4.78, 5) is 19.5. The molecule has 0 aliphatic rings. The Morgan fingerprint density at radius 1 is 1.06 bits per heavy atom. The molecule has 0 unspecified atom stereocenters. The van der Waals surface area contributed by atoms with Crippen LogP contribution in [0, 0.1) is 0 Å². The summed E-state index contributed by atoms with van der Waals surface area (Å²) in [7, 11) is 2.11. The fraction of sp³-hybridized carbons (Fsp3) is 0.200. The smallest absolute Gasteiger partial charge is 0.261 e. The average molecular weight is 432 g/mol. The van der Waals surface area contributed by atoms with E-state index in [0.29, 0.717) is 18.0 Å². The van der Waals surface area contributed by atoms with Gasteiger partial charge in [0, 0.05) is 24.7 Å². The Morgan fingerprint density at radius 2 is 1.94 bits per heavy atom. The maximum Gasteiger partial charge on any atom is 0.261 e. The first kappa shape index (κ1) is 21.0. The van der Waals surface area contributed by atoms with Crippen molar-refractivity contribution in [2.45, 2.75) is 13.1 Å². The molecule has 5 nitrogen and oxygen atoms in total. The van der Waals surface area contributed by atoms with Gasteiger partial charge in [0.25, 0.3) is 5.91 Å². The third kappa shape index (κ3) is 5.69. The van der Waals surface area contributed by atoms with Crippen molar-refractivity contribution in [2.24, 2.45) is 0 Å². The molecule has 0 spiro atoms. The third-order valence-corrected chi connectivity index (χ3v) is 5.78. The molecule has 31 heavy (non-hydrogen) atoms. The van der Waals surface area contributed by atoms with E-state index >= 15 is 0 Å². The van der Waals surface area contributed by atoms with Gasteiger partial charge in [0.15, 0.2) is 0 Å². The van der Waals surface area contributed by atoms with Gasteiger partial charge in [-0.2, -0.15) is 0 Å². The minimum Gasteiger partial charge on any atom is -0.492 e. The van der Waals surface area contributed by atoms with Crippen molar-refractivity contribution < 1.29 is 9.53 Å². The summed E-state index contributed by atoms with van der Waals surface area (Å²) in [6.07, 6.45) is 1.84. The monoisotopic (exact) mass is 431 g/mol. The van der Waals surface area contributed by atoms with E-state index in [9.17, 15) is 4.79 Å². The van der Waals surface area contributed by atoms with Gasteiger partial charge in [0.2, 0.25) is 0 Å². The van der Waals surface area contributed by atoms with Gasteiger partial charge in [0.1, 0.15) is 12.4 Å². The third-order valence-electron chi connectivity index (χ3n) is 4.91. The molecule has 1 N–H and O–H groups in total. The average Bonchev–Trinajstić information content (AvgIpc) is 3.32. The first-order chi connectivity index (χ1) is 15.2. The second kappa shape index (κ2) is 10.2. The van der Waals surface area contributed by atoms with E-state index in [1.165, 1.54) is 22.5 Å². The van der Waals surface area contributed by atoms with Crippen LogP contribution in [0.5, 0.6) is 5.75 Å². The highest BCUT2D eigenvalue weighted by molar-refractivity contribution is 7.12. The van der Waals surface area contributed by atoms with Gasteiger partial charge in [-0.3, -0.25) is 14.7 Å². The standard InChI is InChI=1S/C25H25N3O2S/c1-28(18-21-8-3-7-20-9-4-12-26-24(20)21)17-19-6-2-10-22(16-19)30-14-13-27-25(29)23-11-5-15-31-23/h2-12,15-16H,13-14,17-18H2,1H3,(H,27,29). The van der Waals surface area contributed by atoms with Gasteiger partial charge in [-0.05, 0) is 47.8 Å². The van der Waals surface area contributed by atoms with Crippen LogP contribution in [-0.2, 0) is 13.1 Å². The van der Waals surface area contributed by atoms with Crippen LogP contribution in [0.25, 0.3) is 10.9 Å². The highest BCUT2D eigenvalue weighted by Gasteiger charge is 2.08. The number of aromatic nitrogens is 1. The number of fused-ring (bicyclic) bond motifs is 1. The van der Waals surface area contributed by atoms with Crippen molar-refractivity contribution in [1.29, 1.82) is 0 Å². The number of carbonyl (C=O) groups excluding carboxylic acids is 1. The Kier molecular flexibility index (Phi) is 6.92. The van der Waals surface area contributed by atoms with Gasteiger partial charge in [-0.1, -0.05) is 42.5 Å². The molecule has 2 aromatic carbocycles. The van der Waals surface area contributed by atoms with Crippen LogP contribution in [-0.4, -0.2) is 36.0 Å². The number of benzene rings is 2. The predicted octanol–water partition coefficient (Wildman–Crippen LogP) is 4.74. The number of rotatable bonds is 9. The Bertz CT molecular complexity index is 1140. The van der Waals surface area contributed by atoms with Gasteiger partial charge in [-0.25, -0.2) is 0 Å². The zero-order valence-electron chi connectivity index (χ0n) is 17.5. The van der Waals surface area contributed by atoms with Crippen molar-refractivity contribution in [2.75, 3.05) is 20.2 Å². The molecule has 4 aromatic rings. The van der Waals surface area contributed by atoms with E-state index in [1.54, 1.807) is 0 Å². The van der Waals surface area contributed by atoms with E-state index < -0.39 is 0 Å². The lowest BCUT2D eigenvalue weighted by Gasteiger charge is -2.18. The van der Waals surface area contributed by atoms with Gasteiger partial charge < -0.3 is 10.1 Å². The maximum atomic E-state index is 12.0. The molecule has 0 saturated carbocycles. The van der Waals surface area contributed by atoms with Gasteiger partial charge in [-0.15, -0.1) is 11.3 Å². The summed E-state index contributed by atoms with van der Waals surface area (Å²) < 4.78 is 5.83. The largest absolute Gasteiger partial charge is 0.492 e. The molecule has 0 saturated heterocycles. The number of pyridine rings is 1. The van der Waals surface area contributed by atoms with Gasteiger partial charge >= 0.3 is 0 Å². The summed E-state index contributed by atoms with van der Waals surface area (Å²) in [5, 5.41) is 5.93. The van der Waals surface area contributed by atoms with E-state index in [4.69, 9.17) is 4.74 Å². The van der Waals surface area contributed by atoms with E-state index in [-0.39, 0.29) is 5.91 Å². The molecule has 4 rings (SSSR count). The lowest BCUT2D eigenvalue weighted by Crippen LogP contribution is -2.27. The van der Waals surface area contributed by atoms with Crippen molar-refractivity contribution in [3.63, 3.8) is 0 Å². The number of carbonyl (C=O) groups is 1. The molecule has 0 radical (unpaired) electrons. The number of para-hydroxylation sites is 1. The van der Waals surface area contributed by atoms with Crippen LogP contribution in [0.15, 0.2) is 78.3 Å². The Balaban J connectivity index is 1.29. The zero-order chi connectivity index (χ0) is 21.5. The minimum absolute atomic E-state index is 0.0584. The summed E-state index contributed by atoms with van der Waals surface area (Å²) in [6.45, 7) is 2.51. The zero-order valence-corrected chi connectivity index (χ0v) is 18.3. The Hall–Kier alpha value is -3.22. The summed E-state index contributed by atoms with van der Waals surface area (Å²) in [6, 6.07) is 22.2. The maximum absolute atomic E-state index is 12.0. The van der Waals surface area contributed by atoms with Crippen LogP contribution >= 0.6 is 11.3 Å². The molecule has 158 valence electrons. The summed E-state index contributed by atoms with van der Waals surface area (Å²) in [5.41, 5.74) is 3.45. The molecule has 0 aliphatic heterocycles. The van der Waals surface area contributed by atoms with Crippen molar-refractivity contribution in [3.8, 4) is 5.75 Å².